The summed E-state index contributed by atoms with van der Waals surface area (Å²) in [6.45, 7) is 3.39. The van der Waals surface area contributed by atoms with Crippen LogP contribution in [0.2, 0.25) is 0 Å². The number of nitrogens with one attached hydrogen (secondary N) is 1. The third-order valence-corrected chi connectivity index (χ3v) is 5.15. The zero-order valence-corrected chi connectivity index (χ0v) is 20.8. The van der Waals surface area contributed by atoms with Crippen molar-refractivity contribution < 1.29 is 28.6 Å². The van der Waals surface area contributed by atoms with Crippen molar-refractivity contribution in [3.8, 4) is 11.5 Å². The first-order chi connectivity index (χ1) is 16.1. The van der Waals surface area contributed by atoms with Crippen LogP contribution in [0.4, 0.5) is 11.4 Å². The molecule has 0 spiro atoms. The number of hydrogen-bond donors (Lipinski definition) is 1. The molecule has 0 saturated carbocycles. The van der Waals surface area contributed by atoms with Crippen molar-refractivity contribution in [2.45, 2.75) is 20.4 Å². The molecule has 0 atom stereocenters. The van der Waals surface area contributed by atoms with Crippen LogP contribution < -0.4 is 19.7 Å². The molecule has 34 heavy (non-hydrogen) atoms. The Balaban J connectivity index is 2.11. The molecule has 0 bridgehead atoms. The fourth-order valence-corrected chi connectivity index (χ4v) is 3.01. The molecule has 184 valence electrons. The number of anilines is 2. The second-order valence-electron chi connectivity index (χ2n) is 8.28. The zero-order chi connectivity index (χ0) is 25.4. The molecule has 0 unspecified atom stereocenters. The molecule has 2 rings (SSSR count). The molecule has 0 saturated heterocycles. The van der Waals surface area contributed by atoms with Gasteiger partial charge in [0.05, 0.1) is 25.5 Å². The van der Waals surface area contributed by atoms with E-state index in [0.29, 0.717) is 18.0 Å². The van der Waals surface area contributed by atoms with Gasteiger partial charge in [-0.3, -0.25) is 9.59 Å². The molecule has 0 radical (unpaired) electrons. The first kappa shape index (κ1) is 26.5. The summed E-state index contributed by atoms with van der Waals surface area (Å²) in [7, 11) is 8.43. The topological polar surface area (TPSA) is 97.4 Å². The highest BCUT2D eigenvalue weighted by Gasteiger charge is 2.22. The van der Waals surface area contributed by atoms with E-state index in [1.54, 1.807) is 20.9 Å². The first-order valence-corrected chi connectivity index (χ1v) is 10.8. The quantitative estimate of drug-likeness (QED) is 0.532. The van der Waals surface area contributed by atoms with E-state index >= 15 is 0 Å². The van der Waals surface area contributed by atoms with Gasteiger partial charge in [0, 0.05) is 51.4 Å². The molecule has 2 aromatic rings. The lowest BCUT2D eigenvalue weighted by atomic mass is 10.1. The third-order valence-electron chi connectivity index (χ3n) is 5.15. The second-order valence-corrected chi connectivity index (χ2v) is 8.28. The standard InChI is InChI=1S/C25H33N3O6/c1-16(2)24(30)26-20-13-22(33-7)21(32-6)12-19(20)25(31)34-15-23(29)28(5)14-17-8-10-18(11-9-17)27(3)4/h8-13,16H,14-15H2,1-7H3,(H,26,30). The van der Waals surface area contributed by atoms with Crippen LogP contribution in [0.25, 0.3) is 0 Å². The fraction of sp³-hybridized carbons (Fsp3) is 0.400. The van der Waals surface area contributed by atoms with Gasteiger partial charge < -0.3 is 29.3 Å². The van der Waals surface area contributed by atoms with Crippen molar-refractivity contribution in [3.05, 3.63) is 47.5 Å². The molecule has 0 aromatic heterocycles. The summed E-state index contributed by atoms with van der Waals surface area (Å²) in [5.74, 6) is -1.08. The molecule has 0 fully saturated rings. The third kappa shape index (κ3) is 6.87. The number of likely N-dealkylation sites (N-methyl/N-ethyl adjacent to an activating group) is 1. The van der Waals surface area contributed by atoms with E-state index in [2.05, 4.69) is 5.32 Å². The van der Waals surface area contributed by atoms with E-state index in [9.17, 15) is 14.4 Å². The average molecular weight is 472 g/mol. The van der Waals surface area contributed by atoms with Crippen LogP contribution >= 0.6 is 0 Å². The number of nitrogens with zero attached hydrogens (tertiary/aromatic N) is 2. The molecule has 2 amide bonds. The lowest BCUT2D eigenvalue weighted by Gasteiger charge is -2.19. The molecular formula is C25H33N3O6. The summed E-state index contributed by atoms with van der Waals surface area (Å²) in [5, 5.41) is 2.70. The van der Waals surface area contributed by atoms with Crippen LogP contribution in [-0.4, -0.2) is 64.7 Å². The summed E-state index contributed by atoms with van der Waals surface area (Å²) < 4.78 is 15.8. The molecule has 9 heteroatoms. The van der Waals surface area contributed by atoms with E-state index in [1.807, 2.05) is 43.3 Å². The maximum Gasteiger partial charge on any atom is 0.340 e. The predicted octanol–water partition coefficient (Wildman–Crippen LogP) is 3.18. The molecule has 0 aliphatic carbocycles. The van der Waals surface area contributed by atoms with Gasteiger partial charge in [-0.05, 0) is 17.7 Å². The maximum absolute atomic E-state index is 12.8. The molecule has 9 nitrogen and oxygen atoms in total. The molecule has 2 aromatic carbocycles. The number of hydrogen-bond acceptors (Lipinski definition) is 7. The minimum Gasteiger partial charge on any atom is -0.493 e. The molecule has 0 aliphatic rings. The number of benzene rings is 2. The highest BCUT2D eigenvalue weighted by molar-refractivity contribution is 6.03. The van der Waals surface area contributed by atoms with Gasteiger partial charge in [0.1, 0.15) is 0 Å². The number of ether oxygens (including phenoxy) is 3. The van der Waals surface area contributed by atoms with Crippen LogP contribution in [0.1, 0.15) is 29.8 Å². The Kier molecular flexibility index (Phi) is 9.29. The van der Waals surface area contributed by atoms with E-state index < -0.39 is 12.6 Å². The normalized spacial score (nSPS) is 10.5. The molecule has 0 heterocycles. The fourth-order valence-electron chi connectivity index (χ4n) is 3.01. The summed E-state index contributed by atoms with van der Waals surface area (Å²) in [6, 6.07) is 10.7. The van der Waals surface area contributed by atoms with E-state index in [0.717, 1.165) is 11.3 Å². The van der Waals surface area contributed by atoms with Gasteiger partial charge in [0.15, 0.2) is 18.1 Å². The lowest BCUT2D eigenvalue weighted by Crippen LogP contribution is -2.31. The number of carbonyl (C=O) groups is 3. The molecule has 1 N–H and O–H groups in total. The first-order valence-electron chi connectivity index (χ1n) is 10.8. The average Bonchev–Trinajstić information content (AvgIpc) is 2.81. The van der Waals surface area contributed by atoms with Gasteiger partial charge in [-0.25, -0.2) is 4.79 Å². The van der Waals surface area contributed by atoms with E-state index in [1.165, 1.54) is 31.3 Å². The van der Waals surface area contributed by atoms with E-state index in [4.69, 9.17) is 14.2 Å². The van der Waals surface area contributed by atoms with Gasteiger partial charge in [0.25, 0.3) is 5.91 Å². The highest BCUT2D eigenvalue weighted by Crippen LogP contribution is 2.34. The summed E-state index contributed by atoms with van der Waals surface area (Å²) in [5.41, 5.74) is 2.28. The largest absolute Gasteiger partial charge is 0.493 e. The van der Waals surface area contributed by atoms with Crippen molar-refractivity contribution >= 4 is 29.2 Å². The predicted molar refractivity (Wildman–Crippen MR) is 131 cm³/mol. The highest BCUT2D eigenvalue weighted by atomic mass is 16.5. The Morgan fingerprint density at radius 2 is 1.53 bits per heavy atom. The van der Waals surface area contributed by atoms with Crippen LogP contribution in [0, 0.1) is 5.92 Å². The van der Waals surface area contributed by atoms with Crippen LogP contribution in [0.3, 0.4) is 0 Å². The SMILES string of the molecule is COc1cc(NC(=O)C(C)C)c(C(=O)OCC(=O)N(C)Cc2ccc(N(C)C)cc2)cc1OC. The number of rotatable bonds is 10. The van der Waals surface area contributed by atoms with Gasteiger partial charge >= 0.3 is 5.97 Å². The van der Waals surface area contributed by atoms with Crippen molar-refractivity contribution in [1.82, 2.24) is 4.90 Å². The Bertz CT molecular complexity index is 1020. The zero-order valence-electron chi connectivity index (χ0n) is 20.8. The minimum absolute atomic E-state index is 0.0568. The van der Waals surface area contributed by atoms with Crippen molar-refractivity contribution in [3.63, 3.8) is 0 Å². The van der Waals surface area contributed by atoms with Gasteiger partial charge in [-0.1, -0.05) is 26.0 Å². The second kappa shape index (κ2) is 11.9. The van der Waals surface area contributed by atoms with Crippen LogP contribution in [0.5, 0.6) is 11.5 Å². The van der Waals surface area contributed by atoms with Crippen molar-refractivity contribution in [2.24, 2.45) is 5.92 Å². The molecule has 0 aliphatic heterocycles. The maximum atomic E-state index is 12.8. The van der Waals surface area contributed by atoms with Crippen molar-refractivity contribution in [2.75, 3.05) is 52.2 Å². The van der Waals surface area contributed by atoms with Crippen LogP contribution in [-0.2, 0) is 20.9 Å². The van der Waals surface area contributed by atoms with Gasteiger partial charge in [-0.2, -0.15) is 0 Å². The van der Waals surface area contributed by atoms with E-state index in [-0.39, 0.29) is 29.0 Å². The Hall–Kier alpha value is -3.75. The summed E-state index contributed by atoms with van der Waals surface area (Å²) in [4.78, 5) is 41.1. The summed E-state index contributed by atoms with van der Waals surface area (Å²) >= 11 is 0. The number of carbonyl (C=O) groups excluding carboxylic acids is 3. The van der Waals surface area contributed by atoms with Crippen LogP contribution in [0.15, 0.2) is 36.4 Å². The Morgan fingerprint density at radius 3 is 2.06 bits per heavy atom. The minimum atomic E-state index is -0.767. The summed E-state index contributed by atoms with van der Waals surface area (Å²) in [6.07, 6.45) is 0. The Labute approximate surface area is 200 Å². The van der Waals surface area contributed by atoms with Crippen molar-refractivity contribution in [1.29, 1.82) is 0 Å². The van der Waals surface area contributed by atoms with Gasteiger partial charge in [0.2, 0.25) is 5.91 Å². The number of esters is 1. The monoisotopic (exact) mass is 471 g/mol. The smallest absolute Gasteiger partial charge is 0.340 e. The molecular weight excluding hydrogens is 438 g/mol. The van der Waals surface area contributed by atoms with Gasteiger partial charge in [-0.15, -0.1) is 0 Å². The number of methoxy groups -OCH3 is 2. The Morgan fingerprint density at radius 1 is 0.941 bits per heavy atom. The lowest BCUT2D eigenvalue weighted by molar-refractivity contribution is -0.133. The number of amides is 2.